The van der Waals surface area contributed by atoms with Gasteiger partial charge in [0.15, 0.2) is 0 Å². The third-order valence-electron chi connectivity index (χ3n) is 6.92. The van der Waals surface area contributed by atoms with Gasteiger partial charge in [0, 0.05) is 17.6 Å². The lowest BCUT2D eigenvalue weighted by Gasteiger charge is -2.34. The van der Waals surface area contributed by atoms with E-state index in [-0.39, 0.29) is 23.4 Å². The minimum atomic E-state index is -4.12. The van der Waals surface area contributed by atoms with Gasteiger partial charge in [-0.3, -0.25) is 13.9 Å². The van der Waals surface area contributed by atoms with E-state index in [1.807, 2.05) is 52.8 Å². The van der Waals surface area contributed by atoms with E-state index in [9.17, 15) is 18.0 Å². The predicted molar refractivity (Wildman–Crippen MR) is 161 cm³/mol. The summed E-state index contributed by atoms with van der Waals surface area (Å²) in [5.41, 5.74) is 2.75. The molecule has 2 amide bonds. The fourth-order valence-electron chi connectivity index (χ4n) is 4.49. The van der Waals surface area contributed by atoms with Crippen LogP contribution in [0.5, 0.6) is 0 Å². The maximum Gasteiger partial charge on any atom is 0.264 e. The lowest BCUT2D eigenvalue weighted by molar-refractivity contribution is -0.140. The summed E-state index contributed by atoms with van der Waals surface area (Å²) in [6, 6.07) is 19.7. The van der Waals surface area contributed by atoms with E-state index >= 15 is 0 Å². The third kappa shape index (κ3) is 7.43. The minimum Gasteiger partial charge on any atom is -0.352 e. The Morgan fingerprint density at radius 2 is 1.57 bits per heavy atom. The summed E-state index contributed by atoms with van der Waals surface area (Å²) in [5, 5.41) is 3.43. The number of amides is 2. The summed E-state index contributed by atoms with van der Waals surface area (Å²) in [6.07, 6.45) is 1.07. The number of hydrogen-bond acceptors (Lipinski definition) is 4. The van der Waals surface area contributed by atoms with Gasteiger partial charge in [-0.25, -0.2) is 8.42 Å². The minimum absolute atomic E-state index is 0.0526. The van der Waals surface area contributed by atoms with Crippen molar-refractivity contribution < 1.29 is 18.0 Å². The number of carbonyl (C=O) groups is 2. The highest BCUT2D eigenvalue weighted by atomic mass is 35.5. The largest absolute Gasteiger partial charge is 0.352 e. The summed E-state index contributed by atoms with van der Waals surface area (Å²) < 4.78 is 29.0. The second-order valence-corrected chi connectivity index (χ2v) is 12.2. The molecule has 0 heterocycles. The van der Waals surface area contributed by atoms with Gasteiger partial charge in [0.25, 0.3) is 10.0 Å². The summed E-state index contributed by atoms with van der Waals surface area (Å²) in [6.45, 7) is 9.00. The van der Waals surface area contributed by atoms with Crippen molar-refractivity contribution in [2.75, 3.05) is 10.8 Å². The van der Waals surface area contributed by atoms with E-state index in [2.05, 4.69) is 5.32 Å². The Kier molecular flexibility index (Phi) is 10.8. The summed E-state index contributed by atoms with van der Waals surface area (Å²) in [7, 11) is -4.12. The van der Waals surface area contributed by atoms with Crippen LogP contribution in [-0.4, -0.2) is 43.8 Å². The fraction of sp³-hybridized carbons (Fsp3) is 0.355. The van der Waals surface area contributed by atoms with Crippen LogP contribution in [0.4, 0.5) is 5.69 Å². The molecule has 40 heavy (non-hydrogen) atoms. The number of nitrogens with zero attached hydrogens (tertiary/aromatic N) is 2. The molecular formula is C31H38ClN3O4S. The Balaban J connectivity index is 2.09. The summed E-state index contributed by atoms with van der Waals surface area (Å²) >= 11 is 6.45. The molecule has 3 aromatic rings. The van der Waals surface area contributed by atoms with Gasteiger partial charge in [0.05, 0.1) is 10.6 Å². The molecule has 0 aromatic heterocycles. The maximum absolute atomic E-state index is 14.2. The molecule has 0 aliphatic heterocycles. The third-order valence-corrected chi connectivity index (χ3v) is 9.06. The Morgan fingerprint density at radius 3 is 2.17 bits per heavy atom. The van der Waals surface area contributed by atoms with Crippen LogP contribution in [0.3, 0.4) is 0 Å². The highest BCUT2D eigenvalue weighted by Crippen LogP contribution is 2.29. The molecule has 9 heteroatoms. The number of aryl methyl sites for hydroxylation is 2. The first kappa shape index (κ1) is 31.2. The topological polar surface area (TPSA) is 86.8 Å². The highest BCUT2D eigenvalue weighted by molar-refractivity contribution is 7.92. The summed E-state index contributed by atoms with van der Waals surface area (Å²) in [4.78, 5) is 29.0. The van der Waals surface area contributed by atoms with Crippen LogP contribution in [0, 0.1) is 13.8 Å². The van der Waals surface area contributed by atoms with E-state index < -0.39 is 28.5 Å². The number of rotatable bonds is 12. The van der Waals surface area contributed by atoms with Crippen LogP contribution in [0.1, 0.15) is 50.3 Å². The van der Waals surface area contributed by atoms with Crippen molar-refractivity contribution in [3.05, 3.63) is 94.5 Å². The second kappa shape index (κ2) is 13.8. The predicted octanol–water partition coefficient (Wildman–Crippen LogP) is 5.87. The van der Waals surface area contributed by atoms with E-state index in [1.165, 1.54) is 17.0 Å². The van der Waals surface area contributed by atoms with E-state index in [0.717, 1.165) is 16.3 Å². The van der Waals surface area contributed by atoms with Crippen LogP contribution >= 0.6 is 11.6 Å². The van der Waals surface area contributed by atoms with Gasteiger partial charge in [-0.1, -0.05) is 79.5 Å². The molecule has 0 bridgehead atoms. The first-order valence-corrected chi connectivity index (χ1v) is 15.3. The molecule has 7 nitrogen and oxygen atoms in total. The zero-order chi connectivity index (χ0) is 29.4. The number of hydrogen-bond donors (Lipinski definition) is 1. The zero-order valence-corrected chi connectivity index (χ0v) is 25.3. The standard InChI is InChI=1S/C31H38ClN3O4S/c1-6-24(5)33-31(37)28(7-2)34(20-25-13-11-12-16-27(25)32)30(36)21-35(29-18-17-22(3)19-23(29)4)40(38,39)26-14-9-8-10-15-26/h8-19,24,28H,6-7,20-21H2,1-5H3,(H,33,37)/t24-,28-/m1/s1. The van der Waals surface area contributed by atoms with Gasteiger partial charge in [0.1, 0.15) is 12.6 Å². The second-order valence-electron chi connectivity index (χ2n) is 9.97. The van der Waals surface area contributed by atoms with Gasteiger partial charge >= 0.3 is 0 Å². The zero-order valence-electron chi connectivity index (χ0n) is 23.7. The maximum atomic E-state index is 14.2. The first-order valence-electron chi connectivity index (χ1n) is 13.5. The SMILES string of the molecule is CC[C@@H](C)NC(=O)[C@@H](CC)N(Cc1ccccc1Cl)C(=O)CN(c1ccc(C)cc1C)S(=O)(=O)c1ccccc1. The molecule has 0 fully saturated rings. The first-order chi connectivity index (χ1) is 19.0. The number of benzene rings is 3. The van der Waals surface area contributed by atoms with Crippen LogP contribution in [-0.2, 0) is 26.2 Å². The smallest absolute Gasteiger partial charge is 0.264 e. The number of anilines is 1. The molecule has 1 N–H and O–H groups in total. The molecular weight excluding hydrogens is 546 g/mol. The molecule has 0 spiro atoms. The normalized spacial score (nSPS) is 12.8. The molecule has 0 unspecified atom stereocenters. The Labute approximate surface area is 243 Å². The van der Waals surface area contributed by atoms with Gasteiger partial charge < -0.3 is 10.2 Å². The van der Waals surface area contributed by atoms with Crippen molar-refractivity contribution in [2.45, 2.75) is 71.0 Å². The fourth-order valence-corrected chi connectivity index (χ4v) is 6.18. The molecule has 0 aliphatic rings. The molecule has 3 rings (SSSR count). The van der Waals surface area contributed by atoms with Gasteiger partial charge in [-0.2, -0.15) is 0 Å². The summed E-state index contributed by atoms with van der Waals surface area (Å²) in [5.74, 6) is -0.799. The number of halogens is 1. The lowest BCUT2D eigenvalue weighted by atomic mass is 10.1. The average Bonchev–Trinajstić information content (AvgIpc) is 2.93. The number of nitrogens with one attached hydrogen (secondary N) is 1. The van der Waals surface area contributed by atoms with E-state index in [0.29, 0.717) is 28.3 Å². The van der Waals surface area contributed by atoms with E-state index in [1.54, 1.807) is 42.5 Å². The molecule has 0 radical (unpaired) electrons. The van der Waals surface area contributed by atoms with Crippen molar-refractivity contribution in [3.8, 4) is 0 Å². The van der Waals surface area contributed by atoms with Crippen molar-refractivity contribution in [2.24, 2.45) is 0 Å². The monoisotopic (exact) mass is 583 g/mol. The van der Waals surface area contributed by atoms with Crippen molar-refractivity contribution in [1.29, 1.82) is 0 Å². The number of carbonyl (C=O) groups excluding carboxylic acids is 2. The number of sulfonamides is 1. The molecule has 0 aliphatic carbocycles. The van der Waals surface area contributed by atoms with Crippen molar-refractivity contribution >= 4 is 39.1 Å². The molecule has 0 saturated carbocycles. The van der Waals surface area contributed by atoms with Gasteiger partial charge in [-0.05, 0) is 69.0 Å². The Hall–Kier alpha value is -3.36. The quantitative estimate of drug-likeness (QED) is 0.289. The van der Waals surface area contributed by atoms with Crippen molar-refractivity contribution in [1.82, 2.24) is 10.2 Å². The van der Waals surface area contributed by atoms with Gasteiger partial charge in [-0.15, -0.1) is 0 Å². The Morgan fingerprint density at radius 1 is 0.925 bits per heavy atom. The van der Waals surface area contributed by atoms with Gasteiger partial charge in [0.2, 0.25) is 11.8 Å². The molecule has 214 valence electrons. The molecule has 3 aromatic carbocycles. The average molecular weight is 584 g/mol. The van der Waals surface area contributed by atoms with Crippen LogP contribution in [0.2, 0.25) is 5.02 Å². The van der Waals surface area contributed by atoms with Crippen LogP contribution in [0.15, 0.2) is 77.7 Å². The molecule has 2 atom stereocenters. The van der Waals surface area contributed by atoms with E-state index in [4.69, 9.17) is 11.6 Å². The van der Waals surface area contributed by atoms with Crippen molar-refractivity contribution in [3.63, 3.8) is 0 Å². The van der Waals surface area contributed by atoms with Crippen LogP contribution in [0.25, 0.3) is 0 Å². The van der Waals surface area contributed by atoms with Crippen LogP contribution < -0.4 is 9.62 Å². The Bertz CT molecular complexity index is 1430. The highest BCUT2D eigenvalue weighted by Gasteiger charge is 2.34. The lowest BCUT2D eigenvalue weighted by Crippen LogP contribution is -2.53. The molecule has 0 saturated heterocycles.